The number of aromatic amines is 1. The lowest BCUT2D eigenvalue weighted by atomic mass is 10.1. The number of halogens is 1. The van der Waals surface area contributed by atoms with Gasteiger partial charge in [0.25, 0.3) is 5.56 Å². The Kier molecular flexibility index (Phi) is 6.12. The molecule has 0 aliphatic rings. The average Bonchev–Trinajstić information content (AvgIpc) is 3.05. The topological polar surface area (TPSA) is 109 Å². The van der Waals surface area contributed by atoms with Crippen LogP contribution in [0.5, 0.6) is 5.75 Å². The Morgan fingerprint density at radius 1 is 1.30 bits per heavy atom. The molecular formula is C20H22ClN5O4. The fourth-order valence-corrected chi connectivity index (χ4v) is 3.34. The molecule has 0 saturated heterocycles. The van der Waals surface area contributed by atoms with Crippen LogP contribution >= 0.6 is 11.6 Å². The van der Waals surface area contributed by atoms with Crippen LogP contribution in [0.4, 0.5) is 5.69 Å². The van der Waals surface area contributed by atoms with E-state index in [4.69, 9.17) is 16.3 Å². The summed E-state index contributed by atoms with van der Waals surface area (Å²) in [6.07, 6.45) is 0.0467. The molecule has 2 heterocycles. The summed E-state index contributed by atoms with van der Waals surface area (Å²) in [6.45, 7) is 3.44. The lowest BCUT2D eigenvalue weighted by Crippen LogP contribution is -2.36. The van der Waals surface area contributed by atoms with Crippen LogP contribution < -0.4 is 15.6 Å². The summed E-state index contributed by atoms with van der Waals surface area (Å²) in [6, 6.07) is 6.27. The van der Waals surface area contributed by atoms with Gasteiger partial charge in [-0.25, -0.2) is 9.50 Å². The molecule has 0 aliphatic carbocycles. The Bertz CT molecular complexity index is 1180. The highest BCUT2D eigenvalue weighted by Crippen LogP contribution is 2.27. The van der Waals surface area contributed by atoms with Crippen LogP contribution in [-0.2, 0) is 16.0 Å². The summed E-state index contributed by atoms with van der Waals surface area (Å²) in [5.74, 6) is -0.179. The van der Waals surface area contributed by atoms with Gasteiger partial charge in [0.05, 0.1) is 25.8 Å². The molecule has 3 aromatic rings. The van der Waals surface area contributed by atoms with Gasteiger partial charge in [-0.05, 0) is 32.0 Å². The summed E-state index contributed by atoms with van der Waals surface area (Å²) in [7, 11) is 3.04. The first-order valence-electron chi connectivity index (χ1n) is 9.14. The number of methoxy groups -OCH3 is 1. The van der Waals surface area contributed by atoms with Gasteiger partial charge in [0.1, 0.15) is 5.75 Å². The third kappa shape index (κ3) is 4.46. The summed E-state index contributed by atoms with van der Waals surface area (Å²) in [5, 5.41) is 5.81. The summed E-state index contributed by atoms with van der Waals surface area (Å²) < 4.78 is 6.76. The standard InChI is InChI=1S/C20H22ClN5O4/c1-11-14(12(2)26-17(22-11)9-18(27)24-26)8-20(29)25(3)10-19(28)23-15-7-13(21)5-6-16(15)30-4/h5-7,9H,8,10H2,1-4H3,(H,23,28)(H,24,27). The van der Waals surface area contributed by atoms with Crippen molar-refractivity contribution < 1.29 is 14.3 Å². The third-order valence-corrected chi connectivity index (χ3v) is 5.01. The molecule has 0 saturated carbocycles. The van der Waals surface area contributed by atoms with Gasteiger partial charge in [0.15, 0.2) is 5.65 Å². The van der Waals surface area contributed by atoms with E-state index >= 15 is 0 Å². The van der Waals surface area contributed by atoms with Crippen molar-refractivity contribution in [2.75, 3.05) is 26.0 Å². The zero-order chi connectivity index (χ0) is 22.0. The average molecular weight is 432 g/mol. The molecule has 2 N–H and O–H groups in total. The van der Waals surface area contributed by atoms with Gasteiger partial charge in [-0.1, -0.05) is 11.6 Å². The Morgan fingerprint density at radius 3 is 2.73 bits per heavy atom. The maximum absolute atomic E-state index is 12.7. The number of rotatable bonds is 6. The normalized spacial score (nSPS) is 10.8. The summed E-state index contributed by atoms with van der Waals surface area (Å²) in [4.78, 5) is 42.4. The Morgan fingerprint density at radius 2 is 2.03 bits per heavy atom. The van der Waals surface area contributed by atoms with E-state index in [1.807, 2.05) is 0 Å². The molecule has 0 atom stereocenters. The molecule has 2 amide bonds. The number of carbonyl (C=O) groups is 2. The van der Waals surface area contributed by atoms with Crippen molar-refractivity contribution in [1.29, 1.82) is 0 Å². The molecule has 30 heavy (non-hydrogen) atoms. The number of nitrogens with one attached hydrogen (secondary N) is 2. The van der Waals surface area contributed by atoms with Crippen LogP contribution in [0.25, 0.3) is 5.65 Å². The highest BCUT2D eigenvalue weighted by Gasteiger charge is 2.19. The van der Waals surface area contributed by atoms with Gasteiger partial charge in [-0.3, -0.25) is 19.5 Å². The van der Waals surface area contributed by atoms with E-state index < -0.39 is 0 Å². The van der Waals surface area contributed by atoms with Gasteiger partial charge in [0.2, 0.25) is 11.8 Å². The quantitative estimate of drug-likeness (QED) is 0.620. The SMILES string of the molecule is COc1ccc(Cl)cc1NC(=O)CN(C)C(=O)Cc1c(C)nc2cc(=O)[nH]n2c1C. The van der Waals surface area contributed by atoms with E-state index in [1.165, 1.54) is 18.1 Å². The maximum Gasteiger partial charge on any atom is 0.266 e. The van der Waals surface area contributed by atoms with E-state index in [1.54, 1.807) is 43.6 Å². The van der Waals surface area contributed by atoms with Gasteiger partial charge >= 0.3 is 0 Å². The second-order valence-electron chi connectivity index (χ2n) is 6.89. The highest BCUT2D eigenvalue weighted by molar-refractivity contribution is 6.31. The maximum atomic E-state index is 12.7. The van der Waals surface area contributed by atoms with E-state index in [9.17, 15) is 14.4 Å². The second-order valence-corrected chi connectivity index (χ2v) is 7.33. The molecule has 0 fully saturated rings. The molecule has 0 radical (unpaired) electrons. The predicted octanol–water partition coefficient (Wildman–Crippen LogP) is 1.94. The van der Waals surface area contributed by atoms with Gasteiger partial charge in [-0.15, -0.1) is 0 Å². The monoisotopic (exact) mass is 431 g/mol. The van der Waals surface area contributed by atoms with E-state index in [0.29, 0.717) is 33.4 Å². The van der Waals surface area contributed by atoms with Gasteiger partial charge < -0.3 is 15.0 Å². The summed E-state index contributed by atoms with van der Waals surface area (Å²) >= 11 is 5.97. The number of aryl methyl sites for hydroxylation is 2. The van der Waals surface area contributed by atoms with Gasteiger partial charge in [0, 0.05) is 35.1 Å². The van der Waals surface area contributed by atoms with Crippen molar-refractivity contribution in [2.45, 2.75) is 20.3 Å². The Balaban J connectivity index is 1.71. The molecule has 0 spiro atoms. The molecule has 9 nitrogen and oxygen atoms in total. The first-order chi connectivity index (χ1) is 14.2. The fourth-order valence-electron chi connectivity index (χ4n) is 3.17. The second kappa shape index (κ2) is 8.58. The van der Waals surface area contributed by atoms with Crippen molar-refractivity contribution in [1.82, 2.24) is 19.5 Å². The molecule has 0 unspecified atom stereocenters. The molecular weight excluding hydrogens is 410 g/mol. The zero-order valence-electron chi connectivity index (χ0n) is 17.1. The zero-order valence-corrected chi connectivity index (χ0v) is 17.8. The van der Waals surface area contributed by atoms with Gasteiger partial charge in [-0.2, -0.15) is 0 Å². The number of H-pyrrole nitrogens is 1. The van der Waals surface area contributed by atoms with Crippen molar-refractivity contribution in [3.05, 3.63) is 56.6 Å². The van der Waals surface area contributed by atoms with Crippen LogP contribution in [0.1, 0.15) is 17.0 Å². The van der Waals surface area contributed by atoms with Crippen LogP contribution in [0, 0.1) is 13.8 Å². The number of hydrogen-bond acceptors (Lipinski definition) is 5. The lowest BCUT2D eigenvalue weighted by molar-refractivity contribution is -0.132. The highest BCUT2D eigenvalue weighted by atomic mass is 35.5. The first-order valence-corrected chi connectivity index (χ1v) is 9.52. The van der Waals surface area contributed by atoms with Crippen molar-refractivity contribution >= 4 is 34.7 Å². The number of anilines is 1. The van der Waals surface area contributed by atoms with Crippen molar-refractivity contribution in [2.24, 2.45) is 0 Å². The molecule has 0 aliphatic heterocycles. The predicted molar refractivity (Wildman–Crippen MR) is 113 cm³/mol. The van der Waals surface area contributed by atoms with Crippen molar-refractivity contribution in [3.8, 4) is 5.75 Å². The number of aromatic nitrogens is 3. The van der Waals surface area contributed by atoms with E-state index in [-0.39, 0.29) is 30.3 Å². The number of nitrogens with zero attached hydrogens (tertiary/aromatic N) is 3. The minimum Gasteiger partial charge on any atom is -0.495 e. The summed E-state index contributed by atoms with van der Waals surface area (Å²) in [5.41, 5.74) is 2.72. The van der Waals surface area contributed by atoms with Crippen LogP contribution in [0.3, 0.4) is 0 Å². The molecule has 1 aromatic carbocycles. The molecule has 158 valence electrons. The van der Waals surface area contributed by atoms with Crippen molar-refractivity contribution in [3.63, 3.8) is 0 Å². The number of benzene rings is 1. The minimum absolute atomic E-state index is 0.0467. The molecule has 3 rings (SSSR count). The van der Waals surface area contributed by atoms with Crippen LogP contribution in [-0.4, -0.2) is 52.0 Å². The smallest absolute Gasteiger partial charge is 0.266 e. The number of fused-ring (bicyclic) bond motifs is 1. The fraction of sp³-hybridized carbons (Fsp3) is 0.300. The largest absolute Gasteiger partial charge is 0.495 e. The Hall–Kier alpha value is -3.33. The Labute approximate surface area is 177 Å². The van der Waals surface area contributed by atoms with E-state index in [2.05, 4.69) is 15.4 Å². The molecule has 10 heteroatoms. The third-order valence-electron chi connectivity index (χ3n) is 4.77. The van der Waals surface area contributed by atoms with Crippen LogP contribution in [0.15, 0.2) is 29.1 Å². The minimum atomic E-state index is -0.386. The number of amides is 2. The molecule has 2 aromatic heterocycles. The number of likely N-dealkylation sites (N-methyl/N-ethyl adjacent to an activating group) is 1. The number of hydrogen-bond donors (Lipinski definition) is 2. The number of ether oxygens (including phenoxy) is 1. The lowest BCUT2D eigenvalue weighted by Gasteiger charge is -2.19. The molecule has 0 bridgehead atoms. The van der Waals surface area contributed by atoms with Crippen LogP contribution in [0.2, 0.25) is 5.02 Å². The number of carbonyl (C=O) groups excluding carboxylic acids is 2. The first kappa shape index (κ1) is 21.4. The van der Waals surface area contributed by atoms with E-state index in [0.717, 1.165) is 5.69 Å².